The molecular weight excluding hydrogens is 346 g/mol. The lowest BCUT2D eigenvalue weighted by Crippen LogP contribution is -2.34. The minimum atomic E-state index is -3.06. The number of likely N-dealkylation sites (tertiary alicyclic amines) is 1. The van der Waals surface area contributed by atoms with Crippen molar-refractivity contribution in [2.24, 2.45) is 0 Å². The Balaban J connectivity index is 1.90. The maximum absolute atomic E-state index is 12.6. The highest BCUT2D eigenvalue weighted by Crippen LogP contribution is 2.32. The second-order valence-corrected chi connectivity index (χ2v) is 6.02. The van der Waals surface area contributed by atoms with Crippen LogP contribution in [0.15, 0.2) is 18.2 Å². The molecule has 0 bridgehead atoms. The van der Waals surface area contributed by atoms with E-state index < -0.39 is 12.5 Å². The molecule has 8 heteroatoms. The number of nitrogens with zero attached hydrogens (tertiary/aromatic N) is 1. The Labute approximate surface area is 151 Å². The first-order chi connectivity index (χ1) is 12.5. The number of benzene rings is 1. The van der Waals surface area contributed by atoms with Crippen LogP contribution in [0.3, 0.4) is 0 Å². The average molecular weight is 370 g/mol. The Morgan fingerprint density at radius 1 is 1.31 bits per heavy atom. The van der Waals surface area contributed by atoms with E-state index in [4.69, 9.17) is 4.74 Å². The van der Waals surface area contributed by atoms with Crippen molar-refractivity contribution in [3.05, 3.63) is 23.8 Å². The van der Waals surface area contributed by atoms with Gasteiger partial charge in [0.2, 0.25) is 5.91 Å². The van der Waals surface area contributed by atoms with Gasteiger partial charge in [0.1, 0.15) is 0 Å². The van der Waals surface area contributed by atoms with Crippen LogP contribution in [0.5, 0.6) is 11.5 Å². The van der Waals surface area contributed by atoms with E-state index in [1.807, 2.05) is 4.90 Å². The molecule has 0 saturated carbocycles. The van der Waals surface area contributed by atoms with Crippen LogP contribution in [0.1, 0.15) is 42.5 Å². The minimum absolute atomic E-state index is 0.0181. The van der Waals surface area contributed by atoms with Gasteiger partial charge in [-0.15, -0.1) is 0 Å². The molecule has 2 amide bonds. The number of hydrogen-bond acceptors (Lipinski definition) is 4. The van der Waals surface area contributed by atoms with Gasteiger partial charge in [-0.05, 0) is 31.4 Å². The Hall–Kier alpha value is -2.38. The number of carbonyl (C=O) groups excluding carboxylic acids is 2. The zero-order valence-corrected chi connectivity index (χ0v) is 14.8. The SMILES string of the molecule is COc1cccc(C(=O)NCCCN2CCCCCC2=O)c1OC(F)F. The largest absolute Gasteiger partial charge is 0.493 e. The van der Waals surface area contributed by atoms with Crippen LogP contribution in [-0.2, 0) is 4.79 Å². The van der Waals surface area contributed by atoms with Crippen LogP contribution in [-0.4, -0.2) is 50.1 Å². The van der Waals surface area contributed by atoms with Crippen LogP contribution >= 0.6 is 0 Å². The van der Waals surface area contributed by atoms with E-state index in [9.17, 15) is 18.4 Å². The third-order valence-electron chi connectivity index (χ3n) is 4.21. The van der Waals surface area contributed by atoms with E-state index in [0.717, 1.165) is 25.8 Å². The molecule has 1 aliphatic rings. The van der Waals surface area contributed by atoms with Crippen molar-refractivity contribution in [1.29, 1.82) is 0 Å². The Bertz CT molecular complexity index is 625. The van der Waals surface area contributed by atoms with Gasteiger partial charge in [0.05, 0.1) is 12.7 Å². The van der Waals surface area contributed by atoms with Crippen molar-refractivity contribution in [3.8, 4) is 11.5 Å². The number of amides is 2. The molecule has 0 spiro atoms. The topological polar surface area (TPSA) is 67.9 Å². The fourth-order valence-electron chi connectivity index (χ4n) is 2.91. The summed E-state index contributed by atoms with van der Waals surface area (Å²) in [6.45, 7) is -1.42. The van der Waals surface area contributed by atoms with Gasteiger partial charge in [-0.1, -0.05) is 12.5 Å². The smallest absolute Gasteiger partial charge is 0.387 e. The molecule has 144 valence electrons. The third kappa shape index (κ3) is 5.57. The zero-order chi connectivity index (χ0) is 18.9. The molecule has 1 aliphatic heterocycles. The van der Waals surface area contributed by atoms with Gasteiger partial charge >= 0.3 is 6.61 Å². The van der Waals surface area contributed by atoms with Crippen molar-refractivity contribution >= 4 is 11.8 Å². The van der Waals surface area contributed by atoms with E-state index in [0.29, 0.717) is 25.9 Å². The molecule has 1 heterocycles. The highest BCUT2D eigenvalue weighted by atomic mass is 19.3. The van der Waals surface area contributed by atoms with Gasteiger partial charge in [-0.3, -0.25) is 9.59 Å². The van der Waals surface area contributed by atoms with Crippen molar-refractivity contribution in [3.63, 3.8) is 0 Å². The lowest BCUT2D eigenvalue weighted by molar-refractivity contribution is -0.130. The molecule has 2 rings (SSSR count). The van der Waals surface area contributed by atoms with Crippen molar-refractivity contribution in [1.82, 2.24) is 10.2 Å². The predicted octanol–water partition coefficient (Wildman–Crippen LogP) is 2.82. The first-order valence-electron chi connectivity index (χ1n) is 8.70. The lowest BCUT2D eigenvalue weighted by Gasteiger charge is -2.20. The number of nitrogens with one attached hydrogen (secondary N) is 1. The first-order valence-corrected chi connectivity index (χ1v) is 8.70. The summed E-state index contributed by atoms with van der Waals surface area (Å²) in [5.41, 5.74) is -0.0181. The van der Waals surface area contributed by atoms with Crippen molar-refractivity contribution < 1.29 is 27.8 Å². The summed E-state index contributed by atoms with van der Waals surface area (Å²) in [5.74, 6) is -0.603. The summed E-state index contributed by atoms with van der Waals surface area (Å²) >= 11 is 0. The molecule has 1 N–H and O–H groups in total. The number of rotatable bonds is 8. The molecule has 0 radical (unpaired) electrons. The molecule has 0 atom stereocenters. The Kier molecular flexibility index (Phi) is 7.62. The monoisotopic (exact) mass is 370 g/mol. The van der Waals surface area contributed by atoms with Crippen LogP contribution < -0.4 is 14.8 Å². The number of methoxy groups -OCH3 is 1. The maximum atomic E-state index is 12.6. The van der Waals surface area contributed by atoms with Crippen LogP contribution in [0.4, 0.5) is 8.78 Å². The molecule has 1 aromatic rings. The van der Waals surface area contributed by atoms with E-state index in [2.05, 4.69) is 10.1 Å². The van der Waals surface area contributed by atoms with Gasteiger partial charge in [-0.25, -0.2) is 0 Å². The molecule has 6 nitrogen and oxygen atoms in total. The summed E-state index contributed by atoms with van der Waals surface area (Å²) in [5, 5.41) is 2.68. The molecular formula is C18H24F2N2O4. The molecule has 0 unspecified atom stereocenters. The summed E-state index contributed by atoms with van der Waals surface area (Å²) in [6, 6.07) is 4.37. The van der Waals surface area contributed by atoms with Gasteiger partial charge in [-0.2, -0.15) is 8.78 Å². The average Bonchev–Trinajstić information content (AvgIpc) is 2.82. The predicted molar refractivity (Wildman–Crippen MR) is 91.6 cm³/mol. The van der Waals surface area contributed by atoms with Gasteiger partial charge in [0, 0.05) is 26.1 Å². The van der Waals surface area contributed by atoms with Crippen molar-refractivity contribution in [2.75, 3.05) is 26.7 Å². The fourth-order valence-corrected chi connectivity index (χ4v) is 2.91. The van der Waals surface area contributed by atoms with Gasteiger partial charge < -0.3 is 19.7 Å². The van der Waals surface area contributed by atoms with Gasteiger partial charge in [0.25, 0.3) is 5.91 Å². The molecule has 26 heavy (non-hydrogen) atoms. The van der Waals surface area contributed by atoms with Crippen LogP contribution in [0, 0.1) is 0 Å². The van der Waals surface area contributed by atoms with Crippen LogP contribution in [0.2, 0.25) is 0 Å². The number of para-hydroxylation sites is 1. The Morgan fingerprint density at radius 3 is 2.85 bits per heavy atom. The minimum Gasteiger partial charge on any atom is -0.493 e. The lowest BCUT2D eigenvalue weighted by atomic mass is 10.1. The quantitative estimate of drug-likeness (QED) is 0.715. The number of ether oxygens (including phenoxy) is 2. The standard InChI is InChI=1S/C18H24F2N2O4/c1-25-14-8-5-7-13(16(14)26-18(19)20)17(24)21-10-6-12-22-11-4-2-3-9-15(22)23/h5,7-8,18H,2-4,6,9-12H2,1H3,(H,21,24). The van der Waals surface area contributed by atoms with E-state index in [1.165, 1.54) is 25.3 Å². The highest BCUT2D eigenvalue weighted by molar-refractivity contribution is 5.97. The number of carbonyl (C=O) groups is 2. The molecule has 1 saturated heterocycles. The second kappa shape index (κ2) is 9.94. The van der Waals surface area contributed by atoms with Crippen molar-refractivity contribution in [2.45, 2.75) is 38.7 Å². The molecule has 0 aliphatic carbocycles. The summed E-state index contributed by atoms with van der Waals surface area (Å²) in [7, 11) is 1.31. The molecule has 1 aromatic carbocycles. The second-order valence-electron chi connectivity index (χ2n) is 6.02. The Morgan fingerprint density at radius 2 is 2.12 bits per heavy atom. The summed E-state index contributed by atoms with van der Waals surface area (Å²) in [4.78, 5) is 26.0. The molecule has 0 aromatic heterocycles. The van der Waals surface area contributed by atoms with E-state index in [1.54, 1.807) is 0 Å². The normalized spacial score (nSPS) is 14.9. The highest BCUT2D eigenvalue weighted by Gasteiger charge is 2.20. The van der Waals surface area contributed by atoms with E-state index >= 15 is 0 Å². The number of alkyl halides is 2. The van der Waals surface area contributed by atoms with Crippen LogP contribution in [0.25, 0.3) is 0 Å². The van der Waals surface area contributed by atoms with E-state index in [-0.39, 0.29) is 23.0 Å². The number of hydrogen-bond donors (Lipinski definition) is 1. The maximum Gasteiger partial charge on any atom is 0.387 e. The first kappa shape index (κ1) is 19.9. The zero-order valence-electron chi connectivity index (χ0n) is 14.8. The third-order valence-corrected chi connectivity index (χ3v) is 4.21. The number of halogens is 2. The summed E-state index contributed by atoms with van der Waals surface area (Å²) in [6.07, 6.45) is 4.14. The summed E-state index contributed by atoms with van der Waals surface area (Å²) < 4.78 is 34.7. The fraction of sp³-hybridized carbons (Fsp3) is 0.556. The molecule has 1 fully saturated rings. The van der Waals surface area contributed by atoms with Gasteiger partial charge in [0.15, 0.2) is 11.5 Å².